The monoisotopic (exact) mass is 556 g/mol. The van der Waals surface area contributed by atoms with Crippen molar-refractivity contribution in [2.24, 2.45) is 5.92 Å². The van der Waals surface area contributed by atoms with Gasteiger partial charge in [0.25, 0.3) is 0 Å². The number of rotatable bonds is 4. The van der Waals surface area contributed by atoms with Gasteiger partial charge in [0.1, 0.15) is 11.4 Å². The molecule has 1 fully saturated rings. The van der Waals surface area contributed by atoms with E-state index in [4.69, 9.17) is 16.3 Å². The molecule has 0 radical (unpaired) electrons. The van der Waals surface area contributed by atoms with Crippen molar-refractivity contribution in [3.63, 3.8) is 0 Å². The first-order valence-corrected chi connectivity index (χ1v) is 12.7. The molecule has 208 valence electrons. The lowest BCUT2D eigenvalue weighted by Gasteiger charge is -2.41. The van der Waals surface area contributed by atoms with E-state index in [1.807, 2.05) is 0 Å². The third kappa shape index (κ3) is 6.98. The lowest BCUT2D eigenvalue weighted by Crippen LogP contribution is -2.49. The van der Waals surface area contributed by atoms with E-state index in [0.717, 1.165) is 17.7 Å². The minimum absolute atomic E-state index is 0.0759. The second-order valence-electron chi connectivity index (χ2n) is 10.8. The second-order valence-corrected chi connectivity index (χ2v) is 11.3. The number of hydrogen-bond acceptors (Lipinski definition) is 3. The third-order valence-electron chi connectivity index (χ3n) is 6.87. The molecule has 1 saturated heterocycles. The molecule has 3 rings (SSSR count). The van der Waals surface area contributed by atoms with Crippen LogP contribution in [-0.2, 0) is 15.7 Å². The standard InChI is InChI=1S/C28H33ClF4N2O3/c1-16-11-21(30)7-8-22(16)24-15-35(26(37)38-27(3,4)5)10-9-23(24)25(36)34(6)17(2)18-12-19(28(31,32)33)14-20(29)13-18/h7-8,11-14,17,23-24H,9-10,15H2,1-6H3/t17?,23-,24+/m1/s1. The van der Waals surface area contributed by atoms with E-state index in [9.17, 15) is 27.2 Å². The zero-order valence-electron chi connectivity index (χ0n) is 22.3. The molecule has 0 aliphatic carbocycles. The molecule has 0 aromatic heterocycles. The second kappa shape index (κ2) is 11.1. The van der Waals surface area contributed by atoms with Gasteiger partial charge in [0.2, 0.25) is 5.91 Å². The Morgan fingerprint density at radius 3 is 2.37 bits per heavy atom. The number of aryl methyl sites for hydroxylation is 1. The normalized spacial score (nSPS) is 19.2. The maximum atomic E-state index is 13.9. The Morgan fingerprint density at radius 2 is 1.79 bits per heavy atom. The summed E-state index contributed by atoms with van der Waals surface area (Å²) in [6, 6.07) is 6.85. The number of halogens is 5. The first-order chi connectivity index (χ1) is 17.5. The molecule has 38 heavy (non-hydrogen) atoms. The number of alkyl halides is 3. The number of amides is 2. The van der Waals surface area contributed by atoms with Crippen LogP contribution in [0.5, 0.6) is 0 Å². The fourth-order valence-corrected chi connectivity index (χ4v) is 5.05. The average Bonchev–Trinajstić information content (AvgIpc) is 2.80. The first-order valence-electron chi connectivity index (χ1n) is 12.4. The van der Waals surface area contributed by atoms with Gasteiger partial charge in [-0.15, -0.1) is 0 Å². The number of nitrogens with zero attached hydrogens (tertiary/aromatic N) is 2. The van der Waals surface area contributed by atoms with Crippen LogP contribution in [0.15, 0.2) is 36.4 Å². The summed E-state index contributed by atoms with van der Waals surface area (Å²) in [6.07, 6.45) is -4.78. The van der Waals surface area contributed by atoms with E-state index in [0.29, 0.717) is 12.0 Å². The zero-order chi connectivity index (χ0) is 28.6. The topological polar surface area (TPSA) is 49.9 Å². The van der Waals surface area contributed by atoms with Gasteiger partial charge in [0.05, 0.1) is 11.6 Å². The molecular weight excluding hydrogens is 524 g/mol. The maximum Gasteiger partial charge on any atom is 0.416 e. The van der Waals surface area contributed by atoms with Crippen LogP contribution in [0.4, 0.5) is 22.4 Å². The highest BCUT2D eigenvalue weighted by atomic mass is 35.5. The quantitative estimate of drug-likeness (QED) is 0.370. The van der Waals surface area contributed by atoms with Crippen molar-refractivity contribution in [2.45, 2.75) is 64.8 Å². The molecule has 1 aliphatic rings. The fraction of sp³-hybridized carbons (Fsp3) is 0.500. The van der Waals surface area contributed by atoms with Crippen LogP contribution < -0.4 is 0 Å². The summed E-state index contributed by atoms with van der Waals surface area (Å²) >= 11 is 5.97. The van der Waals surface area contributed by atoms with Gasteiger partial charge in [-0.2, -0.15) is 13.2 Å². The number of ether oxygens (including phenoxy) is 1. The zero-order valence-corrected chi connectivity index (χ0v) is 23.1. The van der Waals surface area contributed by atoms with Crippen LogP contribution in [0.3, 0.4) is 0 Å². The summed E-state index contributed by atoms with van der Waals surface area (Å²) in [5.41, 5.74) is 0.0207. The van der Waals surface area contributed by atoms with Gasteiger partial charge in [0, 0.05) is 37.0 Å². The largest absolute Gasteiger partial charge is 0.444 e. The van der Waals surface area contributed by atoms with Crippen molar-refractivity contribution in [1.29, 1.82) is 0 Å². The lowest BCUT2D eigenvalue weighted by atomic mass is 9.78. The third-order valence-corrected chi connectivity index (χ3v) is 7.09. The molecule has 1 unspecified atom stereocenters. The predicted molar refractivity (Wildman–Crippen MR) is 137 cm³/mol. The Bertz CT molecular complexity index is 1200. The molecule has 3 atom stereocenters. The molecule has 0 saturated carbocycles. The Balaban J connectivity index is 1.92. The number of hydrogen-bond donors (Lipinski definition) is 0. The Kier molecular flexibility index (Phi) is 8.71. The molecule has 0 N–H and O–H groups in total. The highest BCUT2D eigenvalue weighted by molar-refractivity contribution is 6.30. The molecule has 2 amide bonds. The number of carbonyl (C=O) groups excluding carboxylic acids is 2. The number of piperidine rings is 1. The molecule has 10 heteroatoms. The Hall–Kier alpha value is -2.81. The minimum Gasteiger partial charge on any atom is -0.444 e. The summed E-state index contributed by atoms with van der Waals surface area (Å²) in [5.74, 6) is -1.76. The maximum absolute atomic E-state index is 13.9. The van der Waals surface area contributed by atoms with Crippen molar-refractivity contribution in [3.05, 3.63) is 69.5 Å². The summed E-state index contributed by atoms with van der Waals surface area (Å²) in [4.78, 5) is 29.6. The van der Waals surface area contributed by atoms with Crippen LogP contribution in [0.1, 0.15) is 68.3 Å². The van der Waals surface area contributed by atoms with Gasteiger partial charge < -0.3 is 14.5 Å². The molecule has 2 aromatic carbocycles. The van der Waals surface area contributed by atoms with Crippen molar-refractivity contribution < 1.29 is 31.9 Å². The minimum atomic E-state index is -4.58. The van der Waals surface area contributed by atoms with Crippen molar-refractivity contribution >= 4 is 23.6 Å². The molecule has 1 aliphatic heterocycles. The van der Waals surface area contributed by atoms with Gasteiger partial charge in [-0.25, -0.2) is 9.18 Å². The van der Waals surface area contributed by atoms with Gasteiger partial charge in [0.15, 0.2) is 0 Å². The SMILES string of the molecule is Cc1cc(F)ccc1[C@@H]1CN(C(=O)OC(C)(C)C)CC[C@H]1C(=O)N(C)C(C)c1cc(Cl)cc(C(F)(F)F)c1. The molecule has 1 heterocycles. The van der Waals surface area contributed by atoms with Gasteiger partial charge in [-0.05, 0) is 88.1 Å². The summed E-state index contributed by atoms with van der Waals surface area (Å²) in [5, 5.41) is -0.0759. The van der Waals surface area contributed by atoms with E-state index < -0.39 is 47.1 Å². The summed E-state index contributed by atoms with van der Waals surface area (Å²) < 4.78 is 59.5. The van der Waals surface area contributed by atoms with Crippen molar-refractivity contribution in [1.82, 2.24) is 9.80 Å². The summed E-state index contributed by atoms with van der Waals surface area (Å²) in [6.45, 7) is 9.10. The molecule has 2 aromatic rings. The van der Waals surface area contributed by atoms with Gasteiger partial charge in [-0.3, -0.25) is 4.79 Å². The van der Waals surface area contributed by atoms with E-state index in [1.54, 1.807) is 45.6 Å². The highest BCUT2D eigenvalue weighted by Gasteiger charge is 2.41. The van der Waals surface area contributed by atoms with Gasteiger partial charge in [-0.1, -0.05) is 17.7 Å². The Morgan fingerprint density at radius 1 is 1.13 bits per heavy atom. The van der Waals surface area contributed by atoms with Crippen LogP contribution in [-0.4, -0.2) is 47.5 Å². The van der Waals surface area contributed by atoms with E-state index in [-0.39, 0.29) is 29.6 Å². The van der Waals surface area contributed by atoms with E-state index >= 15 is 0 Å². The van der Waals surface area contributed by atoms with E-state index in [2.05, 4.69) is 0 Å². The first kappa shape index (κ1) is 29.7. The van der Waals surface area contributed by atoms with Crippen LogP contribution >= 0.6 is 11.6 Å². The van der Waals surface area contributed by atoms with E-state index in [1.165, 1.54) is 30.1 Å². The fourth-order valence-electron chi connectivity index (χ4n) is 4.80. The predicted octanol–water partition coefficient (Wildman–Crippen LogP) is 7.37. The molecule has 0 bridgehead atoms. The molecule has 0 spiro atoms. The lowest BCUT2D eigenvalue weighted by molar-refractivity contribution is -0.138. The van der Waals surface area contributed by atoms with Gasteiger partial charge >= 0.3 is 12.3 Å². The Labute approximate surface area is 225 Å². The van der Waals surface area contributed by atoms with Crippen molar-refractivity contribution in [2.75, 3.05) is 20.1 Å². The molecular formula is C28H33ClF4N2O3. The van der Waals surface area contributed by atoms with Crippen LogP contribution in [0, 0.1) is 18.7 Å². The summed E-state index contributed by atoms with van der Waals surface area (Å²) in [7, 11) is 1.54. The number of benzene rings is 2. The van der Waals surface area contributed by atoms with Crippen LogP contribution in [0.2, 0.25) is 5.02 Å². The van der Waals surface area contributed by atoms with Crippen molar-refractivity contribution in [3.8, 4) is 0 Å². The average molecular weight is 557 g/mol. The smallest absolute Gasteiger partial charge is 0.416 e. The highest BCUT2D eigenvalue weighted by Crippen LogP contribution is 2.39. The number of likely N-dealkylation sites (tertiary alicyclic amines) is 1. The van der Waals surface area contributed by atoms with Crippen LogP contribution in [0.25, 0.3) is 0 Å². The number of carbonyl (C=O) groups is 2. The molecule has 5 nitrogen and oxygen atoms in total.